The molecule has 174 valence electrons. The normalized spacial score (nSPS) is 29.9. The first-order chi connectivity index (χ1) is 14.6. The Morgan fingerprint density at radius 3 is 2.00 bits per heavy atom. The van der Waals surface area contributed by atoms with Crippen molar-refractivity contribution in [2.24, 2.45) is 0 Å². The maximum absolute atomic E-state index is 11.7. The van der Waals surface area contributed by atoms with Crippen LogP contribution in [0.15, 0.2) is 0 Å². The van der Waals surface area contributed by atoms with Gasteiger partial charge in [0.2, 0.25) is 0 Å². The highest BCUT2D eigenvalue weighted by atomic mass is 32.2. The van der Waals surface area contributed by atoms with Crippen molar-refractivity contribution in [2.45, 2.75) is 63.7 Å². The zero-order chi connectivity index (χ0) is 23.1. The van der Waals surface area contributed by atoms with E-state index in [0.717, 1.165) is 32.5 Å². The van der Waals surface area contributed by atoms with Crippen LogP contribution in [0.1, 0.15) is 27.7 Å². The molecule has 1 unspecified atom stereocenters. The van der Waals surface area contributed by atoms with Crippen molar-refractivity contribution in [1.82, 2.24) is 0 Å². The van der Waals surface area contributed by atoms with Gasteiger partial charge in [-0.2, -0.15) is 0 Å². The minimum absolute atomic E-state index is 0.0388. The predicted octanol–water partition coefficient (Wildman–Crippen LogP) is 0.338. The van der Waals surface area contributed by atoms with Crippen LogP contribution in [0.3, 0.4) is 0 Å². The Hall–Kier alpha value is -2.54. The molecule has 2 fully saturated rings. The molecule has 2 aliphatic rings. The number of esters is 4. The summed E-state index contributed by atoms with van der Waals surface area (Å²) in [6.45, 7) is 4.36. The third-order valence-corrected chi connectivity index (χ3v) is 5.32. The zero-order valence-electron chi connectivity index (χ0n) is 17.4. The summed E-state index contributed by atoms with van der Waals surface area (Å²) in [5.74, 6) is -2.50. The monoisotopic (exact) mass is 464 g/mol. The van der Waals surface area contributed by atoms with Crippen molar-refractivity contribution in [1.29, 1.82) is 0 Å². The van der Waals surface area contributed by atoms with Gasteiger partial charge in [0.15, 0.2) is 18.3 Å². The Balaban J connectivity index is 2.29. The smallest absolute Gasteiger partial charge is 0.463 e. The molecule has 13 heteroatoms. The van der Waals surface area contributed by atoms with E-state index in [0.29, 0.717) is 0 Å². The van der Waals surface area contributed by atoms with Crippen LogP contribution in [0.25, 0.3) is 0 Å². The van der Waals surface area contributed by atoms with Crippen LogP contribution in [0, 0.1) is 0 Å². The van der Waals surface area contributed by atoms with Crippen molar-refractivity contribution in [2.75, 3.05) is 19.0 Å². The lowest BCUT2D eigenvalue weighted by molar-refractivity contribution is -0.237. The summed E-state index contributed by atoms with van der Waals surface area (Å²) in [7, 11) is 0. The van der Waals surface area contributed by atoms with Crippen LogP contribution in [-0.2, 0) is 52.3 Å². The third kappa shape index (κ3) is 7.58. The fourth-order valence-electron chi connectivity index (χ4n) is 2.97. The first-order valence-corrected chi connectivity index (χ1v) is 10.4. The van der Waals surface area contributed by atoms with Crippen LogP contribution in [-0.4, -0.2) is 85.0 Å². The van der Waals surface area contributed by atoms with E-state index >= 15 is 0 Å². The van der Waals surface area contributed by atoms with Crippen LogP contribution in [0.5, 0.6) is 0 Å². The summed E-state index contributed by atoms with van der Waals surface area (Å²) >= 11 is 1.11. The molecule has 0 amide bonds. The summed E-state index contributed by atoms with van der Waals surface area (Å²) in [5, 5.41) is 0. The van der Waals surface area contributed by atoms with Gasteiger partial charge in [-0.15, -0.1) is 11.8 Å². The highest BCUT2D eigenvalue weighted by molar-refractivity contribution is 7.99. The molecule has 2 heterocycles. The van der Waals surface area contributed by atoms with E-state index < -0.39 is 66.0 Å². The Morgan fingerprint density at radius 2 is 1.48 bits per heavy atom. The van der Waals surface area contributed by atoms with Gasteiger partial charge in [0.05, 0.1) is 0 Å². The van der Waals surface area contributed by atoms with E-state index in [1.165, 1.54) is 6.92 Å². The Morgan fingerprint density at radius 1 is 0.903 bits per heavy atom. The van der Waals surface area contributed by atoms with Crippen LogP contribution in [0.2, 0.25) is 0 Å². The minimum Gasteiger partial charge on any atom is -0.463 e. The summed E-state index contributed by atoms with van der Waals surface area (Å²) in [6.07, 6.45) is -6.00. The summed E-state index contributed by atoms with van der Waals surface area (Å²) < 4.78 is 36.6. The fraction of sp³-hybridized carbons (Fsp3) is 0.722. The van der Waals surface area contributed by atoms with E-state index in [-0.39, 0.29) is 19.0 Å². The highest BCUT2D eigenvalue weighted by Crippen LogP contribution is 2.35. The molecule has 2 saturated heterocycles. The van der Waals surface area contributed by atoms with Gasteiger partial charge >= 0.3 is 30.0 Å². The molecule has 0 aromatic rings. The van der Waals surface area contributed by atoms with Crippen LogP contribution < -0.4 is 0 Å². The minimum atomic E-state index is -1.24. The average molecular weight is 464 g/mol. The molecule has 2 rings (SSSR count). The number of carbonyl (C=O) groups is 5. The molecule has 0 N–H and O–H groups in total. The SMILES string of the molecule is CC(=O)OC[C@H]1O[C@@H](SCC2COC(=O)O2)[C@H](OC(C)=O)[C@@H](OC(C)=O)[C@@H]1OC(C)=O. The van der Waals surface area contributed by atoms with Gasteiger partial charge in [-0.1, -0.05) is 0 Å². The molecule has 0 aliphatic carbocycles. The molecule has 2 aliphatic heterocycles. The third-order valence-electron chi connectivity index (χ3n) is 4.04. The molecule has 0 radical (unpaired) electrons. The van der Waals surface area contributed by atoms with Gasteiger partial charge in [-0.25, -0.2) is 4.79 Å². The Labute approximate surface area is 182 Å². The highest BCUT2D eigenvalue weighted by Gasteiger charge is 2.52. The lowest BCUT2D eigenvalue weighted by Gasteiger charge is -2.44. The van der Waals surface area contributed by atoms with Gasteiger partial charge < -0.3 is 33.2 Å². The first-order valence-electron chi connectivity index (χ1n) is 9.32. The van der Waals surface area contributed by atoms with E-state index in [1.807, 2.05) is 0 Å². The number of hydrogen-bond donors (Lipinski definition) is 0. The van der Waals surface area contributed by atoms with Gasteiger partial charge in [-0.3, -0.25) is 19.2 Å². The molecule has 0 saturated carbocycles. The van der Waals surface area contributed by atoms with Crippen molar-refractivity contribution >= 4 is 41.8 Å². The lowest BCUT2D eigenvalue weighted by Crippen LogP contribution is -2.61. The molecule has 0 aromatic carbocycles. The number of hydrogen-bond acceptors (Lipinski definition) is 13. The van der Waals surface area contributed by atoms with Crippen LogP contribution in [0.4, 0.5) is 4.79 Å². The predicted molar refractivity (Wildman–Crippen MR) is 101 cm³/mol. The quantitative estimate of drug-likeness (QED) is 0.359. The average Bonchev–Trinajstić information content (AvgIpc) is 3.06. The summed E-state index contributed by atoms with van der Waals surface area (Å²) in [5.41, 5.74) is -0.931. The van der Waals surface area contributed by atoms with Gasteiger partial charge in [-0.05, 0) is 0 Å². The van der Waals surface area contributed by atoms with Crippen molar-refractivity contribution in [3.8, 4) is 0 Å². The second-order valence-electron chi connectivity index (χ2n) is 6.70. The number of carbonyl (C=O) groups excluding carboxylic acids is 5. The molecule has 31 heavy (non-hydrogen) atoms. The summed E-state index contributed by atoms with van der Waals surface area (Å²) in [6, 6.07) is 0. The Kier molecular flexibility index (Phi) is 8.92. The van der Waals surface area contributed by atoms with Gasteiger partial charge in [0.1, 0.15) is 30.9 Å². The number of cyclic esters (lactones) is 2. The number of rotatable bonds is 8. The zero-order valence-corrected chi connectivity index (χ0v) is 18.2. The molecule has 6 atom stereocenters. The van der Waals surface area contributed by atoms with Gasteiger partial charge in [0.25, 0.3) is 0 Å². The van der Waals surface area contributed by atoms with E-state index in [2.05, 4.69) is 0 Å². The molecule has 0 spiro atoms. The number of ether oxygens (including phenoxy) is 7. The van der Waals surface area contributed by atoms with Crippen molar-refractivity contribution in [3.63, 3.8) is 0 Å². The molecule has 0 bridgehead atoms. The second kappa shape index (κ2) is 11.2. The number of thioether (sulfide) groups is 1. The largest absolute Gasteiger partial charge is 0.508 e. The van der Waals surface area contributed by atoms with Gasteiger partial charge in [0, 0.05) is 33.4 Å². The molecule has 12 nitrogen and oxygen atoms in total. The lowest BCUT2D eigenvalue weighted by atomic mass is 9.99. The first kappa shape index (κ1) is 24.7. The van der Waals surface area contributed by atoms with E-state index in [9.17, 15) is 24.0 Å². The van der Waals surface area contributed by atoms with Crippen molar-refractivity contribution in [3.05, 3.63) is 0 Å². The van der Waals surface area contributed by atoms with E-state index in [1.54, 1.807) is 0 Å². The standard InChI is InChI=1S/C18H24O12S/c1-8(19)24-6-13-14(26-9(2)20)15(27-10(3)21)16(28-11(4)22)17(30-13)31-7-12-5-25-18(23)29-12/h12-17H,5-7H2,1-4H3/t12?,13-,14-,15+,16-,17+/m1/s1. The summed E-state index contributed by atoms with van der Waals surface area (Å²) in [4.78, 5) is 57.6. The fourth-order valence-corrected chi connectivity index (χ4v) is 4.16. The molecular formula is C18H24O12S. The molecular weight excluding hydrogens is 440 g/mol. The second-order valence-corrected chi connectivity index (χ2v) is 7.83. The van der Waals surface area contributed by atoms with Crippen LogP contribution >= 0.6 is 11.8 Å². The van der Waals surface area contributed by atoms with E-state index in [4.69, 9.17) is 33.2 Å². The maximum Gasteiger partial charge on any atom is 0.508 e. The Bertz CT molecular complexity index is 710. The molecule has 0 aromatic heterocycles. The maximum atomic E-state index is 11.7. The topological polar surface area (TPSA) is 150 Å². The van der Waals surface area contributed by atoms with Crippen molar-refractivity contribution < 1.29 is 57.1 Å².